The van der Waals surface area contributed by atoms with E-state index in [0.29, 0.717) is 17.4 Å². The predicted octanol–water partition coefficient (Wildman–Crippen LogP) is 2.50. The van der Waals surface area contributed by atoms with Crippen LogP contribution in [0.25, 0.3) is 0 Å². The van der Waals surface area contributed by atoms with E-state index in [2.05, 4.69) is 31.1 Å². The molecule has 1 unspecified atom stereocenters. The number of thioether (sulfide) groups is 1. The SMILES string of the molecule is CC(C)C1CSC(=NCC2(C)CC2)N1. The van der Waals surface area contributed by atoms with Gasteiger partial charge in [-0.2, -0.15) is 0 Å². The monoisotopic (exact) mass is 212 g/mol. The molecule has 0 bridgehead atoms. The van der Waals surface area contributed by atoms with Crippen LogP contribution >= 0.6 is 11.8 Å². The summed E-state index contributed by atoms with van der Waals surface area (Å²) >= 11 is 1.89. The van der Waals surface area contributed by atoms with E-state index in [9.17, 15) is 0 Å². The van der Waals surface area contributed by atoms with Crippen molar-refractivity contribution >= 4 is 16.9 Å². The summed E-state index contributed by atoms with van der Waals surface area (Å²) in [6.45, 7) is 7.89. The van der Waals surface area contributed by atoms with Crippen LogP contribution in [0, 0.1) is 11.3 Å². The lowest BCUT2D eigenvalue weighted by atomic mass is 10.1. The number of amidine groups is 1. The lowest BCUT2D eigenvalue weighted by Gasteiger charge is -2.13. The number of rotatable bonds is 3. The number of nitrogens with zero attached hydrogens (tertiary/aromatic N) is 1. The molecule has 0 amide bonds. The van der Waals surface area contributed by atoms with E-state index < -0.39 is 0 Å². The normalized spacial score (nSPS) is 32.3. The molecule has 0 aromatic rings. The maximum absolute atomic E-state index is 4.66. The number of hydrogen-bond acceptors (Lipinski definition) is 2. The van der Waals surface area contributed by atoms with Crippen LogP contribution in [0.2, 0.25) is 0 Å². The number of hydrogen-bond donors (Lipinski definition) is 1. The molecule has 2 rings (SSSR count). The highest BCUT2D eigenvalue weighted by atomic mass is 32.2. The van der Waals surface area contributed by atoms with Crippen LogP contribution in [-0.2, 0) is 0 Å². The molecule has 0 aromatic carbocycles. The van der Waals surface area contributed by atoms with E-state index in [1.165, 1.54) is 23.8 Å². The lowest BCUT2D eigenvalue weighted by molar-refractivity contribution is 0.501. The van der Waals surface area contributed by atoms with Crippen molar-refractivity contribution in [2.75, 3.05) is 12.3 Å². The summed E-state index contributed by atoms with van der Waals surface area (Å²) in [5.41, 5.74) is 0.547. The molecule has 1 aliphatic carbocycles. The lowest BCUT2D eigenvalue weighted by Crippen LogP contribution is -2.31. The Morgan fingerprint density at radius 1 is 1.57 bits per heavy atom. The van der Waals surface area contributed by atoms with Gasteiger partial charge >= 0.3 is 0 Å². The molecule has 2 fully saturated rings. The van der Waals surface area contributed by atoms with Gasteiger partial charge in [0.25, 0.3) is 0 Å². The third kappa shape index (κ3) is 2.44. The quantitative estimate of drug-likeness (QED) is 0.777. The summed E-state index contributed by atoms with van der Waals surface area (Å²) in [5.74, 6) is 1.90. The molecule has 1 atom stereocenters. The molecule has 2 nitrogen and oxygen atoms in total. The van der Waals surface area contributed by atoms with Crippen molar-refractivity contribution in [1.82, 2.24) is 5.32 Å². The minimum atomic E-state index is 0.547. The molecule has 1 N–H and O–H groups in total. The van der Waals surface area contributed by atoms with E-state index in [1.54, 1.807) is 0 Å². The minimum Gasteiger partial charge on any atom is -0.361 e. The smallest absolute Gasteiger partial charge is 0.156 e. The van der Waals surface area contributed by atoms with Crippen LogP contribution in [0.4, 0.5) is 0 Å². The largest absolute Gasteiger partial charge is 0.361 e. The van der Waals surface area contributed by atoms with E-state index in [-0.39, 0.29) is 0 Å². The fraction of sp³-hybridized carbons (Fsp3) is 0.909. The highest BCUT2D eigenvalue weighted by molar-refractivity contribution is 8.14. The van der Waals surface area contributed by atoms with Gasteiger partial charge in [0.05, 0.1) is 0 Å². The summed E-state index contributed by atoms with van der Waals surface area (Å²) in [5, 5.41) is 4.68. The van der Waals surface area contributed by atoms with Gasteiger partial charge < -0.3 is 5.32 Å². The minimum absolute atomic E-state index is 0.547. The third-order valence-electron chi connectivity index (χ3n) is 3.22. The molecule has 2 aliphatic rings. The van der Waals surface area contributed by atoms with E-state index in [4.69, 9.17) is 0 Å². The van der Waals surface area contributed by atoms with Gasteiger partial charge in [0.1, 0.15) is 0 Å². The Balaban J connectivity index is 1.82. The summed E-state index contributed by atoms with van der Waals surface area (Å²) in [6.07, 6.45) is 2.73. The zero-order valence-electron chi connectivity index (χ0n) is 9.34. The van der Waals surface area contributed by atoms with Gasteiger partial charge in [0.15, 0.2) is 5.17 Å². The van der Waals surface area contributed by atoms with Gasteiger partial charge in [0, 0.05) is 18.3 Å². The summed E-state index contributed by atoms with van der Waals surface area (Å²) in [6, 6.07) is 0.630. The van der Waals surface area contributed by atoms with E-state index in [0.717, 1.165) is 6.54 Å². The number of aliphatic imine (C=N–C) groups is 1. The topological polar surface area (TPSA) is 24.4 Å². The van der Waals surface area contributed by atoms with Crippen LogP contribution in [-0.4, -0.2) is 23.5 Å². The van der Waals surface area contributed by atoms with E-state index >= 15 is 0 Å². The maximum atomic E-state index is 4.66. The van der Waals surface area contributed by atoms with Crippen LogP contribution in [0.1, 0.15) is 33.6 Å². The molecule has 1 heterocycles. The van der Waals surface area contributed by atoms with Crippen LogP contribution in [0.5, 0.6) is 0 Å². The molecule has 1 saturated carbocycles. The molecular weight excluding hydrogens is 192 g/mol. The van der Waals surface area contributed by atoms with Crippen molar-refractivity contribution < 1.29 is 0 Å². The molecule has 0 spiro atoms. The Hall–Kier alpha value is -0.180. The Morgan fingerprint density at radius 2 is 2.29 bits per heavy atom. The van der Waals surface area contributed by atoms with Gasteiger partial charge in [-0.05, 0) is 24.2 Å². The van der Waals surface area contributed by atoms with Crippen LogP contribution in [0.15, 0.2) is 4.99 Å². The van der Waals surface area contributed by atoms with E-state index in [1.807, 2.05) is 11.8 Å². The highest BCUT2D eigenvalue weighted by Gasteiger charge is 2.37. The molecule has 0 radical (unpaired) electrons. The Kier molecular flexibility index (Phi) is 2.78. The van der Waals surface area contributed by atoms with Crippen LogP contribution < -0.4 is 5.32 Å². The van der Waals surface area contributed by atoms with Crippen molar-refractivity contribution in [2.45, 2.75) is 39.7 Å². The van der Waals surface area contributed by atoms with Crippen molar-refractivity contribution in [3.05, 3.63) is 0 Å². The summed E-state index contributed by atoms with van der Waals surface area (Å²) < 4.78 is 0. The molecule has 14 heavy (non-hydrogen) atoms. The second kappa shape index (κ2) is 3.76. The first-order valence-electron chi connectivity index (χ1n) is 5.53. The summed E-state index contributed by atoms with van der Waals surface area (Å²) in [4.78, 5) is 4.66. The van der Waals surface area contributed by atoms with Crippen molar-refractivity contribution in [3.63, 3.8) is 0 Å². The Labute approximate surface area is 90.9 Å². The molecular formula is C11H20N2S. The zero-order chi connectivity index (χ0) is 10.2. The molecule has 1 aliphatic heterocycles. The Bertz CT molecular complexity index is 244. The van der Waals surface area contributed by atoms with Crippen molar-refractivity contribution in [3.8, 4) is 0 Å². The van der Waals surface area contributed by atoms with Gasteiger partial charge in [-0.15, -0.1) is 0 Å². The summed E-state index contributed by atoms with van der Waals surface area (Å²) in [7, 11) is 0. The standard InChI is InChI=1S/C11H20N2S/c1-8(2)9-6-14-10(13-9)12-7-11(3)4-5-11/h8-9H,4-7H2,1-3H3,(H,12,13). The molecule has 80 valence electrons. The first kappa shape index (κ1) is 10.3. The van der Waals surface area contributed by atoms with Gasteiger partial charge in [-0.3, -0.25) is 4.99 Å². The predicted molar refractivity (Wildman–Crippen MR) is 63.9 cm³/mol. The highest BCUT2D eigenvalue weighted by Crippen LogP contribution is 2.45. The van der Waals surface area contributed by atoms with Crippen LogP contribution in [0.3, 0.4) is 0 Å². The molecule has 1 saturated heterocycles. The fourth-order valence-corrected chi connectivity index (χ4v) is 2.69. The first-order chi connectivity index (χ1) is 6.59. The van der Waals surface area contributed by atoms with Gasteiger partial charge in [0.2, 0.25) is 0 Å². The third-order valence-corrected chi connectivity index (χ3v) is 4.27. The molecule has 0 aromatic heterocycles. The second-order valence-electron chi connectivity index (χ2n) is 5.24. The molecule has 3 heteroatoms. The average molecular weight is 212 g/mol. The van der Waals surface area contributed by atoms with Crippen molar-refractivity contribution in [2.24, 2.45) is 16.3 Å². The van der Waals surface area contributed by atoms with Gasteiger partial charge in [-0.1, -0.05) is 32.5 Å². The van der Waals surface area contributed by atoms with Crippen molar-refractivity contribution in [1.29, 1.82) is 0 Å². The maximum Gasteiger partial charge on any atom is 0.156 e. The average Bonchev–Trinajstić information content (AvgIpc) is 2.68. The zero-order valence-corrected chi connectivity index (χ0v) is 10.2. The number of nitrogens with one attached hydrogen (secondary N) is 1. The first-order valence-corrected chi connectivity index (χ1v) is 6.51. The Morgan fingerprint density at radius 3 is 2.79 bits per heavy atom. The fourth-order valence-electron chi connectivity index (χ4n) is 1.50. The van der Waals surface area contributed by atoms with Gasteiger partial charge in [-0.25, -0.2) is 0 Å². The second-order valence-corrected chi connectivity index (χ2v) is 6.25.